The van der Waals surface area contributed by atoms with E-state index in [0.717, 1.165) is 0 Å². The van der Waals surface area contributed by atoms with Crippen LogP contribution < -0.4 is 5.56 Å². The molecular formula is C16H17FN2O2. The van der Waals surface area contributed by atoms with E-state index >= 15 is 0 Å². The minimum absolute atomic E-state index is 0.184. The van der Waals surface area contributed by atoms with Gasteiger partial charge in [-0.15, -0.1) is 0 Å². The van der Waals surface area contributed by atoms with Crippen LogP contribution in [-0.4, -0.2) is 22.4 Å². The van der Waals surface area contributed by atoms with E-state index in [1.54, 1.807) is 39.2 Å². The summed E-state index contributed by atoms with van der Waals surface area (Å²) in [6.07, 6.45) is 1.48. The zero-order chi connectivity index (χ0) is 15.6. The van der Waals surface area contributed by atoms with E-state index in [0.29, 0.717) is 11.1 Å². The predicted molar refractivity (Wildman–Crippen MR) is 78.6 cm³/mol. The van der Waals surface area contributed by atoms with Crippen LogP contribution in [0.2, 0.25) is 0 Å². The quantitative estimate of drug-likeness (QED) is 0.870. The van der Waals surface area contributed by atoms with Crippen LogP contribution in [0.25, 0.3) is 0 Å². The monoisotopic (exact) mass is 288 g/mol. The Labute approximate surface area is 122 Å². The molecule has 4 nitrogen and oxygen atoms in total. The van der Waals surface area contributed by atoms with Crippen LogP contribution in [0.3, 0.4) is 0 Å². The van der Waals surface area contributed by atoms with E-state index in [1.807, 2.05) is 0 Å². The Bertz CT molecular complexity index is 724. The van der Waals surface area contributed by atoms with Gasteiger partial charge in [0.15, 0.2) is 0 Å². The van der Waals surface area contributed by atoms with Crippen molar-refractivity contribution in [2.24, 2.45) is 7.05 Å². The van der Waals surface area contributed by atoms with Gasteiger partial charge >= 0.3 is 0 Å². The molecule has 1 aromatic carbocycles. The third kappa shape index (κ3) is 3.02. The second-order valence-electron chi connectivity index (χ2n) is 4.98. The maximum atomic E-state index is 13.8. The molecule has 1 aromatic heterocycles. The summed E-state index contributed by atoms with van der Waals surface area (Å²) < 4.78 is 15.1. The van der Waals surface area contributed by atoms with Crippen molar-refractivity contribution in [1.82, 2.24) is 9.47 Å². The Morgan fingerprint density at radius 2 is 1.90 bits per heavy atom. The van der Waals surface area contributed by atoms with Gasteiger partial charge < -0.3 is 9.47 Å². The summed E-state index contributed by atoms with van der Waals surface area (Å²) in [6.45, 7) is 1.76. The summed E-state index contributed by atoms with van der Waals surface area (Å²) in [7, 11) is 3.20. The van der Waals surface area contributed by atoms with Crippen molar-refractivity contribution in [1.29, 1.82) is 0 Å². The Kier molecular flexibility index (Phi) is 4.21. The molecule has 0 saturated carbocycles. The van der Waals surface area contributed by atoms with Gasteiger partial charge in [0.25, 0.3) is 5.91 Å². The third-order valence-corrected chi connectivity index (χ3v) is 3.59. The average Bonchev–Trinajstić information content (AvgIpc) is 2.48. The van der Waals surface area contributed by atoms with Gasteiger partial charge in [-0.25, -0.2) is 4.39 Å². The molecule has 0 saturated heterocycles. The largest absolute Gasteiger partial charge is 0.335 e. The molecule has 0 fully saturated rings. The molecule has 0 aliphatic carbocycles. The number of amides is 1. The molecule has 1 atom stereocenters. The van der Waals surface area contributed by atoms with Gasteiger partial charge in [0.1, 0.15) is 5.82 Å². The summed E-state index contributed by atoms with van der Waals surface area (Å²) in [5.41, 5.74) is 0.664. The summed E-state index contributed by atoms with van der Waals surface area (Å²) in [5.74, 6) is -0.605. The molecule has 0 aliphatic rings. The number of carbonyl (C=O) groups is 1. The van der Waals surface area contributed by atoms with Crippen LogP contribution in [-0.2, 0) is 7.05 Å². The molecule has 0 N–H and O–H groups in total. The van der Waals surface area contributed by atoms with Crippen LogP contribution in [0, 0.1) is 5.82 Å². The van der Waals surface area contributed by atoms with Crippen LogP contribution in [0.5, 0.6) is 0 Å². The van der Waals surface area contributed by atoms with Crippen LogP contribution in [0.15, 0.2) is 47.4 Å². The van der Waals surface area contributed by atoms with Crippen molar-refractivity contribution in [2.75, 3.05) is 7.05 Å². The highest BCUT2D eigenvalue weighted by Crippen LogP contribution is 2.22. The minimum Gasteiger partial charge on any atom is -0.335 e. The lowest BCUT2D eigenvalue weighted by Gasteiger charge is -2.25. The van der Waals surface area contributed by atoms with E-state index in [9.17, 15) is 14.0 Å². The Hall–Kier alpha value is -2.43. The molecule has 1 amide bonds. The molecule has 2 aromatic rings. The van der Waals surface area contributed by atoms with E-state index in [1.165, 1.54) is 33.9 Å². The van der Waals surface area contributed by atoms with Crippen molar-refractivity contribution < 1.29 is 9.18 Å². The van der Waals surface area contributed by atoms with Gasteiger partial charge in [0.2, 0.25) is 5.56 Å². The van der Waals surface area contributed by atoms with E-state index in [2.05, 4.69) is 0 Å². The van der Waals surface area contributed by atoms with Crippen LogP contribution in [0.4, 0.5) is 4.39 Å². The maximum absolute atomic E-state index is 13.8. The number of benzene rings is 1. The predicted octanol–water partition coefficient (Wildman–Crippen LogP) is 2.36. The zero-order valence-electron chi connectivity index (χ0n) is 12.2. The Balaban J connectivity index is 2.28. The molecule has 0 bridgehead atoms. The number of rotatable bonds is 3. The molecule has 21 heavy (non-hydrogen) atoms. The summed E-state index contributed by atoms with van der Waals surface area (Å²) in [4.78, 5) is 25.2. The lowest BCUT2D eigenvalue weighted by atomic mass is 10.1. The molecule has 2 rings (SSSR count). The van der Waals surface area contributed by atoms with Gasteiger partial charge in [-0.2, -0.15) is 0 Å². The summed E-state index contributed by atoms with van der Waals surface area (Å²) in [5, 5.41) is 0. The van der Waals surface area contributed by atoms with Crippen molar-refractivity contribution in [2.45, 2.75) is 13.0 Å². The topological polar surface area (TPSA) is 42.3 Å². The first kappa shape index (κ1) is 15.0. The number of halogens is 1. The Morgan fingerprint density at radius 3 is 2.52 bits per heavy atom. The van der Waals surface area contributed by atoms with Gasteiger partial charge in [0.05, 0.1) is 11.6 Å². The van der Waals surface area contributed by atoms with Crippen molar-refractivity contribution in [3.05, 3.63) is 69.9 Å². The van der Waals surface area contributed by atoms with Gasteiger partial charge in [-0.1, -0.05) is 18.2 Å². The van der Waals surface area contributed by atoms with E-state index < -0.39 is 6.04 Å². The summed E-state index contributed by atoms with van der Waals surface area (Å²) in [6, 6.07) is 8.79. The fraction of sp³-hybridized carbons (Fsp3) is 0.250. The lowest BCUT2D eigenvalue weighted by Crippen LogP contribution is -2.31. The highest BCUT2D eigenvalue weighted by molar-refractivity contribution is 5.94. The average molecular weight is 288 g/mol. The molecule has 1 heterocycles. The highest BCUT2D eigenvalue weighted by Gasteiger charge is 2.21. The number of hydrogen-bond acceptors (Lipinski definition) is 2. The molecule has 1 unspecified atom stereocenters. The molecule has 0 aliphatic heterocycles. The number of hydrogen-bond donors (Lipinski definition) is 0. The smallest absolute Gasteiger partial charge is 0.255 e. The molecular weight excluding hydrogens is 271 g/mol. The zero-order valence-corrected chi connectivity index (χ0v) is 12.2. The van der Waals surface area contributed by atoms with Gasteiger partial charge in [-0.05, 0) is 19.1 Å². The second-order valence-corrected chi connectivity index (χ2v) is 4.98. The van der Waals surface area contributed by atoms with E-state index in [4.69, 9.17) is 0 Å². The standard InChI is InChI=1S/C16H17FN2O2/c1-11(13-6-4-5-7-14(13)17)19(3)16(21)12-8-9-15(20)18(2)10-12/h4-11H,1-3H3. The number of nitrogens with zero attached hydrogens (tertiary/aromatic N) is 2. The first-order valence-electron chi connectivity index (χ1n) is 6.60. The fourth-order valence-corrected chi connectivity index (χ4v) is 2.12. The maximum Gasteiger partial charge on any atom is 0.255 e. The van der Waals surface area contributed by atoms with E-state index in [-0.39, 0.29) is 17.3 Å². The van der Waals surface area contributed by atoms with Crippen molar-refractivity contribution in [3.63, 3.8) is 0 Å². The molecule has 5 heteroatoms. The normalized spacial score (nSPS) is 12.0. The molecule has 0 radical (unpaired) electrons. The van der Waals surface area contributed by atoms with Crippen molar-refractivity contribution >= 4 is 5.91 Å². The SMILES string of the molecule is CC(c1ccccc1F)N(C)C(=O)c1ccc(=O)n(C)c1. The minimum atomic E-state index is -0.407. The number of aromatic nitrogens is 1. The molecule has 0 spiro atoms. The molecule has 110 valence electrons. The lowest BCUT2D eigenvalue weighted by molar-refractivity contribution is 0.0739. The van der Waals surface area contributed by atoms with Crippen molar-refractivity contribution in [3.8, 4) is 0 Å². The Morgan fingerprint density at radius 1 is 1.24 bits per heavy atom. The first-order chi connectivity index (χ1) is 9.91. The number of carbonyl (C=O) groups excluding carboxylic acids is 1. The van der Waals surface area contributed by atoms with Crippen LogP contribution in [0.1, 0.15) is 28.9 Å². The van der Waals surface area contributed by atoms with Gasteiger partial charge in [0, 0.05) is 31.9 Å². The second kappa shape index (κ2) is 5.91. The third-order valence-electron chi connectivity index (χ3n) is 3.59. The first-order valence-corrected chi connectivity index (χ1v) is 6.60. The summed E-state index contributed by atoms with van der Waals surface area (Å²) >= 11 is 0. The number of pyridine rings is 1. The number of aryl methyl sites for hydroxylation is 1. The fourth-order valence-electron chi connectivity index (χ4n) is 2.12. The van der Waals surface area contributed by atoms with Crippen LogP contribution >= 0.6 is 0 Å². The van der Waals surface area contributed by atoms with Gasteiger partial charge in [-0.3, -0.25) is 9.59 Å². The highest BCUT2D eigenvalue weighted by atomic mass is 19.1.